The monoisotopic (exact) mass is 338 g/mol. The third kappa shape index (κ3) is 3.55. The van der Waals surface area contributed by atoms with E-state index in [0.29, 0.717) is 11.3 Å². The van der Waals surface area contributed by atoms with Crippen molar-refractivity contribution in [2.75, 3.05) is 0 Å². The van der Waals surface area contributed by atoms with Crippen LogP contribution in [-0.2, 0) is 14.4 Å². The van der Waals surface area contributed by atoms with Crippen LogP contribution in [0.15, 0.2) is 60.7 Å². The van der Waals surface area contributed by atoms with Gasteiger partial charge in [-0.2, -0.15) is 0 Å². The predicted octanol–water partition coefficient (Wildman–Crippen LogP) is 1.36. The zero-order chi connectivity index (χ0) is 17.8. The minimum atomic E-state index is -1.66. The zero-order valence-corrected chi connectivity index (χ0v) is 13.0. The first kappa shape index (κ1) is 16.4. The second-order valence-electron chi connectivity index (χ2n) is 5.36. The first-order valence-corrected chi connectivity index (χ1v) is 7.52. The van der Waals surface area contributed by atoms with Gasteiger partial charge in [0.15, 0.2) is 17.8 Å². The number of carbonyl (C=O) groups excluding carboxylic acids is 4. The molecule has 1 aliphatic heterocycles. The molecular weight excluding hydrogens is 324 g/mol. The highest BCUT2D eigenvalue weighted by Crippen LogP contribution is 2.26. The van der Waals surface area contributed by atoms with Gasteiger partial charge in [0.05, 0.1) is 0 Å². The lowest BCUT2D eigenvalue weighted by atomic mass is 9.92. The third-order valence-electron chi connectivity index (χ3n) is 3.64. The smallest absolute Gasteiger partial charge is 0.328 e. The predicted molar refractivity (Wildman–Crippen MR) is 86.4 cm³/mol. The Morgan fingerprint density at radius 2 is 1.36 bits per heavy atom. The minimum absolute atomic E-state index is 0.414. The number of barbiturate groups is 1. The summed E-state index contributed by atoms with van der Waals surface area (Å²) >= 11 is 0. The van der Waals surface area contributed by atoms with Gasteiger partial charge in [0.1, 0.15) is 5.75 Å². The van der Waals surface area contributed by atoms with Crippen LogP contribution in [0.1, 0.15) is 11.7 Å². The van der Waals surface area contributed by atoms with Crippen molar-refractivity contribution in [3.8, 4) is 5.75 Å². The Morgan fingerprint density at radius 1 is 0.840 bits per heavy atom. The molecule has 25 heavy (non-hydrogen) atoms. The lowest BCUT2D eigenvalue weighted by molar-refractivity contribution is -0.145. The molecule has 1 aliphatic rings. The maximum Gasteiger partial charge on any atom is 0.328 e. The van der Waals surface area contributed by atoms with E-state index in [1.807, 2.05) is 10.6 Å². The molecule has 126 valence electrons. The molecule has 2 aromatic rings. The number of carbonyl (C=O) groups is 4. The van der Waals surface area contributed by atoms with Crippen LogP contribution in [0.25, 0.3) is 0 Å². The van der Waals surface area contributed by atoms with Crippen molar-refractivity contribution in [1.82, 2.24) is 10.6 Å². The van der Waals surface area contributed by atoms with Crippen molar-refractivity contribution in [1.29, 1.82) is 0 Å². The van der Waals surface area contributed by atoms with E-state index >= 15 is 0 Å². The fourth-order valence-corrected chi connectivity index (χ4v) is 2.48. The summed E-state index contributed by atoms with van der Waals surface area (Å²) in [6.45, 7) is 0. The topological polar surface area (TPSA) is 102 Å². The van der Waals surface area contributed by atoms with Crippen LogP contribution in [-0.4, -0.2) is 23.6 Å². The summed E-state index contributed by atoms with van der Waals surface area (Å²) < 4.78 is 5.74. The van der Waals surface area contributed by atoms with Crippen LogP contribution in [0.5, 0.6) is 5.75 Å². The van der Waals surface area contributed by atoms with Crippen molar-refractivity contribution < 1.29 is 23.9 Å². The van der Waals surface area contributed by atoms with E-state index in [2.05, 4.69) is 0 Å². The number of hydrogen-bond acceptors (Lipinski definition) is 5. The maximum absolute atomic E-state index is 12.9. The Balaban J connectivity index is 1.93. The summed E-state index contributed by atoms with van der Waals surface area (Å²) in [4.78, 5) is 48.0. The first-order valence-electron chi connectivity index (χ1n) is 7.52. The largest absolute Gasteiger partial charge is 0.478 e. The zero-order valence-electron chi connectivity index (χ0n) is 13.0. The maximum atomic E-state index is 12.9. The molecule has 0 bridgehead atoms. The Kier molecular flexibility index (Phi) is 4.56. The van der Waals surface area contributed by atoms with Crippen molar-refractivity contribution in [3.05, 3.63) is 66.2 Å². The summed E-state index contributed by atoms with van der Waals surface area (Å²) in [6, 6.07) is 16.2. The average molecular weight is 338 g/mol. The molecule has 1 fully saturated rings. The number of amides is 4. The molecule has 4 amide bonds. The number of para-hydroxylation sites is 1. The van der Waals surface area contributed by atoms with Crippen LogP contribution < -0.4 is 15.4 Å². The van der Waals surface area contributed by atoms with Gasteiger partial charge in [-0.05, 0) is 17.7 Å². The Bertz CT molecular complexity index is 800. The van der Waals surface area contributed by atoms with Crippen LogP contribution >= 0.6 is 0 Å². The second kappa shape index (κ2) is 6.96. The van der Waals surface area contributed by atoms with E-state index in [1.165, 1.54) is 0 Å². The number of urea groups is 1. The number of ether oxygens (including phenoxy) is 1. The van der Waals surface area contributed by atoms with E-state index in [9.17, 15) is 19.2 Å². The number of nitrogens with one attached hydrogen (secondary N) is 2. The van der Waals surface area contributed by atoms with Crippen molar-refractivity contribution in [2.24, 2.45) is 5.92 Å². The van der Waals surface area contributed by atoms with Crippen molar-refractivity contribution in [3.63, 3.8) is 0 Å². The van der Waals surface area contributed by atoms with Gasteiger partial charge in [0, 0.05) is 0 Å². The first-order chi connectivity index (χ1) is 12.1. The number of Topliss-reactive ketones (excluding diaryl/α,β-unsaturated/α-hetero) is 1. The molecule has 0 radical (unpaired) electrons. The summed E-state index contributed by atoms with van der Waals surface area (Å²) in [6.07, 6.45) is -1.17. The molecule has 3 rings (SSSR count). The molecule has 1 saturated heterocycles. The lowest BCUT2D eigenvalue weighted by Crippen LogP contribution is -2.58. The van der Waals surface area contributed by atoms with Gasteiger partial charge in [0.2, 0.25) is 11.8 Å². The van der Waals surface area contributed by atoms with Gasteiger partial charge in [-0.3, -0.25) is 25.0 Å². The van der Waals surface area contributed by atoms with E-state index in [1.54, 1.807) is 60.7 Å². The highest BCUT2D eigenvalue weighted by Gasteiger charge is 2.44. The fraction of sp³-hybridized carbons (Fsp3) is 0.111. The number of benzene rings is 2. The molecule has 1 heterocycles. The summed E-state index contributed by atoms with van der Waals surface area (Å²) in [5, 5.41) is 3.85. The SMILES string of the molecule is O=C1NC(=O)C(C(=O)[C@@H](Oc2ccccc2)c2ccccc2)C(=O)N1. The number of imide groups is 2. The number of ketones is 1. The van der Waals surface area contributed by atoms with Gasteiger partial charge in [0.25, 0.3) is 0 Å². The van der Waals surface area contributed by atoms with Crippen LogP contribution in [0, 0.1) is 5.92 Å². The molecule has 0 unspecified atom stereocenters. The third-order valence-corrected chi connectivity index (χ3v) is 3.64. The summed E-state index contributed by atoms with van der Waals surface area (Å²) in [5.41, 5.74) is 0.494. The van der Waals surface area contributed by atoms with Gasteiger partial charge < -0.3 is 4.74 Å². The van der Waals surface area contributed by atoms with Gasteiger partial charge >= 0.3 is 6.03 Å². The van der Waals surface area contributed by atoms with E-state index in [0.717, 1.165) is 0 Å². The van der Waals surface area contributed by atoms with Crippen LogP contribution in [0.3, 0.4) is 0 Å². The molecule has 7 heteroatoms. The fourth-order valence-electron chi connectivity index (χ4n) is 2.48. The average Bonchev–Trinajstić information content (AvgIpc) is 2.60. The van der Waals surface area contributed by atoms with E-state index in [-0.39, 0.29) is 0 Å². The minimum Gasteiger partial charge on any atom is -0.478 e. The molecule has 7 nitrogen and oxygen atoms in total. The summed E-state index contributed by atoms with van der Waals surface area (Å²) in [7, 11) is 0. The number of rotatable bonds is 5. The molecular formula is C18H14N2O5. The summed E-state index contributed by atoms with van der Waals surface area (Å²) in [5.74, 6) is -3.92. The Morgan fingerprint density at radius 3 is 1.92 bits per heavy atom. The molecule has 2 N–H and O–H groups in total. The Labute approximate surface area is 143 Å². The number of hydrogen-bond donors (Lipinski definition) is 2. The van der Waals surface area contributed by atoms with Crippen LogP contribution in [0.4, 0.5) is 4.79 Å². The standard InChI is InChI=1S/C18H14N2O5/c21-14(13-16(22)19-18(24)20-17(13)23)15(11-7-3-1-4-8-11)25-12-9-5-2-6-10-12/h1-10,13,15H,(H2,19,20,22,23,24)/t15-/m0/s1. The molecule has 0 saturated carbocycles. The van der Waals surface area contributed by atoms with Gasteiger partial charge in [-0.1, -0.05) is 48.5 Å². The van der Waals surface area contributed by atoms with Crippen molar-refractivity contribution in [2.45, 2.75) is 6.10 Å². The molecule has 0 aromatic heterocycles. The van der Waals surface area contributed by atoms with E-state index < -0.39 is 35.7 Å². The highest BCUT2D eigenvalue weighted by molar-refractivity contribution is 6.27. The molecule has 1 atom stereocenters. The van der Waals surface area contributed by atoms with E-state index in [4.69, 9.17) is 4.74 Å². The van der Waals surface area contributed by atoms with Gasteiger partial charge in [-0.25, -0.2) is 4.79 Å². The lowest BCUT2D eigenvalue weighted by Gasteiger charge is -2.25. The quantitative estimate of drug-likeness (QED) is 0.802. The molecule has 0 spiro atoms. The Hall–Kier alpha value is -3.48. The molecule has 2 aromatic carbocycles. The normalized spacial score (nSPS) is 15.9. The van der Waals surface area contributed by atoms with Gasteiger partial charge in [-0.15, -0.1) is 0 Å². The second-order valence-corrected chi connectivity index (χ2v) is 5.36. The van der Waals surface area contributed by atoms with Crippen LogP contribution in [0.2, 0.25) is 0 Å². The van der Waals surface area contributed by atoms with Crippen molar-refractivity contribution >= 4 is 23.6 Å². The molecule has 0 aliphatic carbocycles. The highest BCUT2D eigenvalue weighted by atomic mass is 16.5.